The van der Waals surface area contributed by atoms with Crippen molar-refractivity contribution in [3.63, 3.8) is 0 Å². The van der Waals surface area contributed by atoms with Gasteiger partial charge in [0, 0.05) is 30.1 Å². The molecule has 0 aliphatic heterocycles. The first-order chi connectivity index (χ1) is 13.6. The maximum absolute atomic E-state index is 11.4. The molecule has 1 fully saturated rings. The molecule has 28 heavy (non-hydrogen) atoms. The fraction of sp³-hybridized carbons (Fsp3) is 0.211. The predicted molar refractivity (Wildman–Crippen MR) is 105 cm³/mol. The number of rotatable bonds is 7. The fourth-order valence-corrected chi connectivity index (χ4v) is 2.68. The lowest BCUT2D eigenvalue weighted by Gasteiger charge is -2.12. The number of nitro benzene ring substituents is 1. The van der Waals surface area contributed by atoms with Gasteiger partial charge < -0.3 is 15.4 Å². The zero-order valence-corrected chi connectivity index (χ0v) is 15.1. The second-order valence-electron chi connectivity index (χ2n) is 6.39. The Morgan fingerprint density at radius 2 is 2.07 bits per heavy atom. The number of methoxy groups -OCH3 is 1. The van der Waals surface area contributed by atoms with E-state index in [1.165, 1.54) is 13.2 Å². The van der Waals surface area contributed by atoms with Crippen molar-refractivity contribution in [2.24, 2.45) is 0 Å². The number of pyridine rings is 1. The Morgan fingerprint density at radius 3 is 2.75 bits per heavy atom. The molecular weight excluding hydrogens is 360 g/mol. The number of anilines is 3. The molecule has 2 N–H and O–H groups in total. The van der Waals surface area contributed by atoms with Gasteiger partial charge in [0.15, 0.2) is 0 Å². The number of hydrogen-bond acceptors (Lipinski definition) is 8. The summed E-state index contributed by atoms with van der Waals surface area (Å²) >= 11 is 0. The Kier molecular flexibility index (Phi) is 4.71. The summed E-state index contributed by atoms with van der Waals surface area (Å²) in [6, 6.07) is 10.5. The van der Waals surface area contributed by atoms with E-state index >= 15 is 0 Å². The van der Waals surface area contributed by atoms with Gasteiger partial charge in [-0.2, -0.15) is 4.98 Å². The molecule has 0 bridgehead atoms. The Balaban J connectivity index is 1.72. The number of ether oxygens (including phenoxy) is 1. The molecule has 1 aliphatic carbocycles. The zero-order chi connectivity index (χ0) is 19.5. The van der Waals surface area contributed by atoms with E-state index in [0.717, 1.165) is 18.4 Å². The van der Waals surface area contributed by atoms with E-state index in [-0.39, 0.29) is 5.69 Å². The summed E-state index contributed by atoms with van der Waals surface area (Å²) < 4.78 is 5.08. The lowest BCUT2D eigenvalue weighted by atomic mass is 10.2. The Labute approximate surface area is 161 Å². The highest BCUT2D eigenvalue weighted by Crippen LogP contribution is 2.32. The maximum atomic E-state index is 11.4. The van der Waals surface area contributed by atoms with Crippen molar-refractivity contribution in [2.75, 3.05) is 17.7 Å². The van der Waals surface area contributed by atoms with Crippen molar-refractivity contribution in [3.05, 3.63) is 58.9 Å². The molecule has 0 unspecified atom stereocenters. The van der Waals surface area contributed by atoms with Gasteiger partial charge in [0.2, 0.25) is 5.95 Å². The zero-order valence-electron chi connectivity index (χ0n) is 15.1. The van der Waals surface area contributed by atoms with E-state index in [9.17, 15) is 10.1 Å². The average molecular weight is 378 g/mol. The van der Waals surface area contributed by atoms with E-state index in [2.05, 4.69) is 25.6 Å². The molecule has 0 saturated heterocycles. The van der Waals surface area contributed by atoms with Crippen LogP contribution in [-0.2, 0) is 0 Å². The second kappa shape index (κ2) is 7.47. The first kappa shape index (κ1) is 17.7. The highest BCUT2D eigenvalue weighted by Gasteiger charge is 2.23. The third-order valence-corrected chi connectivity index (χ3v) is 4.26. The molecule has 0 spiro atoms. The van der Waals surface area contributed by atoms with Gasteiger partial charge in [0.1, 0.15) is 17.3 Å². The molecule has 0 amide bonds. The number of aromatic nitrogens is 3. The van der Waals surface area contributed by atoms with Crippen LogP contribution in [0.3, 0.4) is 0 Å². The minimum Gasteiger partial charge on any atom is -0.496 e. The molecule has 9 heteroatoms. The van der Waals surface area contributed by atoms with E-state index in [1.54, 1.807) is 30.6 Å². The smallest absolute Gasteiger partial charge is 0.296 e. The van der Waals surface area contributed by atoms with Crippen LogP contribution in [0.25, 0.3) is 11.3 Å². The van der Waals surface area contributed by atoms with Gasteiger partial charge in [-0.25, -0.2) is 4.98 Å². The lowest BCUT2D eigenvalue weighted by molar-refractivity contribution is -0.384. The minimum atomic E-state index is -0.461. The van der Waals surface area contributed by atoms with Gasteiger partial charge in [-0.15, -0.1) is 0 Å². The third-order valence-electron chi connectivity index (χ3n) is 4.26. The summed E-state index contributed by atoms with van der Waals surface area (Å²) in [7, 11) is 1.46. The highest BCUT2D eigenvalue weighted by atomic mass is 16.6. The van der Waals surface area contributed by atoms with Crippen LogP contribution in [0.2, 0.25) is 0 Å². The SMILES string of the molecule is COc1ccc(Nc2cc(-c3cccnc3)nc(NC3CC3)n2)c([N+](=O)[O-])c1. The van der Waals surface area contributed by atoms with E-state index < -0.39 is 4.92 Å². The van der Waals surface area contributed by atoms with Crippen LogP contribution in [0.15, 0.2) is 48.8 Å². The monoisotopic (exact) mass is 378 g/mol. The molecule has 1 saturated carbocycles. The molecule has 3 aromatic rings. The average Bonchev–Trinajstić information content (AvgIpc) is 3.52. The Hall–Kier alpha value is -3.75. The Bertz CT molecular complexity index is 1010. The van der Waals surface area contributed by atoms with E-state index in [0.29, 0.717) is 34.9 Å². The van der Waals surface area contributed by atoms with Crippen LogP contribution in [0.5, 0.6) is 5.75 Å². The molecule has 2 aromatic heterocycles. The first-order valence-electron chi connectivity index (χ1n) is 8.78. The standard InChI is InChI=1S/C19H18N6O3/c1-28-14-6-7-15(17(9-14)25(26)27)22-18-10-16(12-3-2-8-20-11-12)23-19(24-18)21-13-4-5-13/h2-3,6-11,13H,4-5H2,1H3,(H2,21,22,23,24). The van der Waals surface area contributed by atoms with Crippen molar-refractivity contribution in [2.45, 2.75) is 18.9 Å². The van der Waals surface area contributed by atoms with Crippen molar-refractivity contribution >= 4 is 23.1 Å². The van der Waals surface area contributed by atoms with Crippen LogP contribution < -0.4 is 15.4 Å². The molecule has 9 nitrogen and oxygen atoms in total. The highest BCUT2D eigenvalue weighted by molar-refractivity contribution is 5.72. The summed E-state index contributed by atoms with van der Waals surface area (Å²) in [4.78, 5) is 24.1. The van der Waals surface area contributed by atoms with Crippen LogP contribution >= 0.6 is 0 Å². The molecule has 0 radical (unpaired) electrons. The van der Waals surface area contributed by atoms with Crippen LogP contribution in [0.4, 0.5) is 23.1 Å². The largest absolute Gasteiger partial charge is 0.496 e. The minimum absolute atomic E-state index is 0.0995. The number of benzene rings is 1. The van der Waals surface area contributed by atoms with Gasteiger partial charge in [-0.1, -0.05) is 0 Å². The van der Waals surface area contributed by atoms with Gasteiger partial charge in [0.25, 0.3) is 5.69 Å². The number of nitrogens with one attached hydrogen (secondary N) is 2. The van der Waals surface area contributed by atoms with Gasteiger partial charge in [0.05, 0.1) is 23.8 Å². The molecular formula is C19H18N6O3. The number of nitro groups is 1. The molecule has 2 heterocycles. The summed E-state index contributed by atoms with van der Waals surface area (Å²) in [5, 5.41) is 17.8. The number of nitrogens with zero attached hydrogens (tertiary/aromatic N) is 4. The molecule has 1 aromatic carbocycles. The summed E-state index contributed by atoms with van der Waals surface area (Å²) in [5.74, 6) is 1.33. The number of hydrogen-bond donors (Lipinski definition) is 2. The first-order valence-corrected chi connectivity index (χ1v) is 8.78. The lowest BCUT2D eigenvalue weighted by Crippen LogP contribution is -2.08. The topological polar surface area (TPSA) is 115 Å². The molecule has 1 aliphatic rings. The fourth-order valence-electron chi connectivity index (χ4n) is 2.68. The normalized spacial score (nSPS) is 13.0. The quantitative estimate of drug-likeness (QED) is 0.471. The van der Waals surface area contributed by atoms with E-state index in [4.69, 9.17) is 4.74 Å². The van der Waals surface area contributed by atoms with Crippen molar-refractivity contribution in [1.82, 2.24) is 15.0 Å². The van der Waals surface area contributed by atoms with Crippen LogP contribution in [0, 0.1) is 10.1 Å². The van der Waals surface area contributed by atoms with Crippen molar-refractivity contribution in [1.29, 1.82) is 0 Å². The Morgan fingerprint density at radius 1 is 1.21 bits per heavy atom. The van der Waals surface area contributed by atoms with Crippen molar-refractivity contribution < 1.29 is 9.66 Å². The summed E-state index contributed by atoms with van der Waals surface area (Å²) in [6.45, 7) is 0. The molecule has 142 valence electrons. The maximum Gasteiger partial charge on any atom is 0.296 e. The van der Waals surface area contributed by atoms with Gasteiger partial charge >= 0.3 is 0 Å². The van der Waals surface area contributed by atoms with Gasteiger partial charge in [-0.05, 0) is 37.1 Å². The van der Waals surface area contributed by atoms with Crippen LogP contribution in [-0.4, -0.2) is 33.0 Å². The predicted octanol–water partition coefficient (Wildman–Crippen LogP) is 3.77. The van der Waals surface area contributed by atoms with Gasteiger partial charge in [-0.3, -0.25) is 15.1 Å². The molecule has 0 atom stereocenters. The summed E-state index contributed by atoms with van der Waals surface area (Å²) in [5.41, 5.74) is 1.72. The second-order valence-corrected chi connectivity index (χ2v) is 6.39. The van der Waals surface area contributed by atoms with Crippen molar-refractivity contribution in [3.8, 4) is 17.0 Å². The van der Waals surface area contributed by atoms with Crippen LogP contribution in [0.1, 0.15) is 12.8 Å². The third kappa shape index (κ3) is 3.98. The van der Waals surface area contributed by atoms with E-state index in [1.807, 2.05) is 12.1 Å². The summed E-state index contributed by atoms with van der Waals surface area (Å²) in [6.07, 6.45) is 5.55. The molecule has 4 rings (SSSR count).